The molecule has 22 heavy (non-hydrogen) atoms. The normalized spacial score (nSPS) is 14.8. The van der Waals surface area contributed by atoms with E-state index in [1.165, 1.54) is 17.4 Å². The Morgan fingerprint density at radius 3 is 2.73 bits per heavy atom. The summed E-state index contributed by atoms with van der Waals surface area (Å²) in [7, 11) is 0. The van der Waals surface area contributed by atoms with Gasteiger partial charge in [-0.3, -0.25) is 13.9 Å². The van der Waals surface area contributed by atoms with Crippen LogP contribution in [0.1, 0.15) is 32.0 Å². The number of aromatic amines is 1. The lowest BCUT2D eigenvalue weighted by Gasteiger charge is -2.11. The van der Waals surface area contributed by atoms with Gasteiger partial charge in [0.15, 0.2) is 5.65 Å². The zero-order valence-corrected chi connectivity index (χ0v) is 13.1. The maximum atomic E-state index is 12.7. The monoisotopic (exact) mass is 306 g/mol. The summed E-state index contributed by atoms with van der Waals surface area (Å²) in [4.78, 5) is 32.5. The first kappa shape index (κ1) is 15.0. The van der Waals surface area contributed by atoms with Gasteiger partial charge >= 0.3 is 5.69 Å². The molecule has 1 saturated carbocycles. The number of aromatic nitrogens is 4. The van der Waals surface area contributed by atoms with Crippen molar-refractivity contribution < 1.29 is 4.74 Å². The minimum Gasteiger partial charge on any atom is -0.380 e. The number of fused-ring (bicyclic) bond motifs is 1. The molecule has 0 atom stereocenters. The molecule has 2 aromatic rings. The van der Waals surface area contributed by atoms with Gasteiger partial charge in [0, 0.05) is 13.2 Å². The minimum absolute atomic E-state index is 0.267. The van der Waals surface area contributed by atoms with Crippen molar-refractivity contribution in [3.8, 4) is 0 Å². The standard InChI is InChI=1S/C15H22N4O3/c1-3-22-9-8-19-14(20)12-13(17-10(2)16-12)18(15(19)21)7-6-11-4-5-11/h11H,3-9H2,1-2H3,(H,16,17). The molecule has 0 radical (unpaired) electrons. The number of nitrogens with zero attached hydrogens (tertiary/aromatic N) is 3. The molecule has 2 heterocycles. The van der Waals surface area contributed by atoms with Crippen LogP contribution in [0, 0.1) is 12.8 Å². The number of hydrogen-bond acceptors (Lipinski definition) is 4. The van der Waals surface area contributed by atoms with Crippen LogP contribution >= 0.6 is 0 Å². The van der Waals surface area contributed by atoms with Crippen molar-refractivity contribution in [2.75, 3.05) is 13.2 Å². The summed E-state index contributed by atoms with van der Waals surface area (Å²) < 4.78 is 8.16. The fraction of sp³-hybridized carbons (Fsp3) is 0.667. The van der Waals surface area contributed by atoms with Gasteiger partial charge in [-0.05, 0) is 26.2 Å². The van der Waals surface area contributed by atoms with Gasteiger partial charge in [-0.25, -0.2) is 9.78 Å². The molecule has 0 aliphatic heterocycles. The predicted molar refractivity (Wildman–Crippen MR) is 83.2 cm³/mol. The Labute approximate surface area is 127 Å². The molecule has 0 aromatic carbocycles. The number of H-pyrrole nitrogens is 1. The lowest BCUT2D eigenvalue weighted by Crippen LogP contribution is -2.41. The Morgan fingerprint density at radius 1 is 1.27 bits per heavy atom. The largest absolute Gasteiger partial charge is 0.380 e. The lowest BCUT2D eigenvalue weighted by atomic mass is 10.3. The van der Waals surface area contributed by atoms with Crippen molar-refractivity contribution in [1.82, 2.24) is 19.1 Å². The summed E-state index contributed by atoms with van der Waals surface area (Å²) >= 11 is 0. The van der Waals surface area contributed by atoms with E-state index >= 15 is 0 Å². The van der Waals surface area contributed by atoms with E-state index < -0.39 is 0 Å². The van der Waals surface area contributed by atoms with Gasteiger partial charge in [0.1, 0.15) is 11.3 Å². The van der Waals surface area contributed by atoms with Gasteiger partial charge in [0.2, 0.25) is 0 Å². The van der Waals surface area contributed by atoms with Crippen LogP contribution in [0.25, 0.3) is 11.2 Å². The SMILES string of the molecule is CCOCCn1c(=O)c2[nH]c(C)nc2n(CCC2CC2)c1=O. The van der Waals surface area contributed by atoms with E-state index in [0.29, 0.717) is 42.7 Å². The maximum Gasteiger partial charge on any atom is 0.332 e. The minimum atomic E-state index is -0.317. The molecule has 0 saturated heterocycles. The molecule has 0 bridgehead atoms. The van der Waals surface area contributed by atoms with Crippen molar-refractivity contribution in [2.24, 2.45) is 5.92 Å². The van der Waals surface area contributed by atoms with Crippen LogP contribution in [0.3, 0.4) is 0 Å². The Morgan fingerprint density at radius 2 is 2.05 bits per heavy atom. The zero-order chi connectivity index (χ0) is 15.7. The van der Waals surface area contributed by atoms with Gasteiger partial charge in [0.25, 0.3) is 5.56 Å². The number of nitrogens with one attached hydrogen (secondary N) is 1. The topological polar surface area (TPSA) is 81.9 Å². The Kier molecular flexibility index (Phi) is 4.15. The number of aryl methyl sites for hydroxylation is 2. The smallest absolute Gasteiger partial charge is 0.332 e. The molecule has 7 heteroatoms. The summed E-state index contributed by atoms with van der Waals surface area (Å²) in [6, 6.07) is 0. The van der Waals surface area contributed by atoms with Crippen molar-refractivity contribution in [1.29, 1.82) is 0 Å². The molecule has 0 spiro atoms. The van der Waals surface area contributed by atoms with Gasteiger partial charge in [-0.2, -0.15) is 0 Å². The second-order valence-electron chi connectivity index (χ2n) is 5.84. The van der Waals surface area contributed by atoms with Crippen molar-refractivity contribution in [3.63, 3.8) is 0 Å². The fourth-order valence-corrected chi connectivity index (χ4v) is 2.70. The molecule has 1 aliphatic carbocycles. The zero-order valence-electron chi connectivity index (χ0n) is 13.1. The Bertz CT molecular complexity index is 782. The number of rotatable bonds is 7. The van der Waals surface area contributed by atoms with Gasteiger partial charge in [-0.1, -0.05) is 12.8 Å². The van der Waals surface area contributed by atoms with Crippen LogP contribution in [0.5, 0.6) is 0 Å². The Hall–Kier alpha value is -1.89. The van der Waals surface area contributed by atoms with Gasteiger partial charge < -0.3 is 9.72 Å². The Balaban J connectivity index is 2.04. The molecule has 0 unspecified atom stereocenters. The average Bonchev–Trinajstić information content (AvgIpc) is 3.23. The molecule has 1 fully saturated rings. The van der Waals surface area contributed by atoms with Gasteiger partial charge in [0.05, 0.1) is 13.2 Å². The van der Waals surface area contributed by atoms with E-state index in [1.54, 1.807) is 11.5 Å². The van der Waals surface area contributed by atoms with E-state index in [1.807, 2.05) is 6.92 Å². The molecule has 3 rings (SSSR count). The molecule has 0 amide bonds. The van der Waals surface area contributed by atoms with E-state index in [-0.39, 0.29) is 17.8 Å². The van der Waals surface area contributed by atoms with Crippen LogP contribution < -0.4 is 11.2 Å². The molecular weight excluding hydrogens is 284 g/mol. The summed E-state index contributed by atoms with van der Waals surface area (Å²) in [6.45, 7) is 5.48. The van der Waals surface area contributed by atoms with Crippen molar-refractivity contribution in [3.05, 3.63) is 26.7 Å². The van der Waals surface area contributed by atoms with Crippen LogP contribution in [-0.4, -0.2) is 32.3 Å². The van der Waals surface area contributed by atoms with Gasteiger partial charge in [-0.15, -0.1) is 0 Å². The first-order chi connectivity index (χ1) is 10.6. The van der Waals surface area contributed by atoms with Crippen LogP contribution in [0.4, 0.5) is 0 Å². The highest BCUT2D eigenvalue weighted by Crippen LogP contribution is 2.32. The van der Waals surface area contributed by atoms with E-state index in [2.05, 4.69) is 9.97 Å². The third-order valence-corrected chi connectivity index (χ3v) is 4.10. The number of ether oxygens (including phenoxy) is 1. The van der Waals surface area contributed by atoms with E-state index in [9.17, 15) is 9.59 Å². The highest BCUT2D eigenvalue weighted by atomic mass is 16.5. The second kappa shape index (κ2) is 6.08. The first-order valence-electron chi connectivity index (χ1n) is 7.89. The van der Waals surface area contributed by atoms with Crippen molar-refractivity contribution in [2.45, 2.75) is 46.2 Å². The third-order valence-electron chi connectivity index (χ3n) is 4.10. The summed E-state index contributed by atoms with van der Waals surface area (Å²) in [5.74, 6) is 1.36. The predicted octanol–water partition coefficient (Wildman–Crippen LogP) is 1.03. The average molecular weight is 306 g/mol. The molecule has 1 N–H and O–H groups in total. The van der Waals surface area contributed by atoms with Crippen LogP contribution in [0.15, 0.2) is 9.59 Å². The van der Waals surface area contributed by atoms with E-state index in [4.69, 9.17) is 4.74 Å². The quantitative estimate of drug-likeness (QED) is 0.775. The fourth-order valence-electron chi connectivity index (χ4n) is 2.70. The molecule has 7 nitrogen and oxygen atoms in total. The second-order valence-corrected chi connectivity index (χ2v) is 5.84. The highest BCUT2D eigenvalue weighted by molar-refractivity contribution is 5.69. The highest BCUT2D eigenvalue weighted by Gasteiger charge is 2.23. The summed E-state index contributed by atoms with van der Waals surface area (Å²) in [5.41, 5.74) is 0.275. The summed E-state index contributed by atoms with van der Waals surface area (Å²) in [6.07, 6.45) is 3.44. The molecule has 120 valence electrons. The third kappa shape index (κ3) is 2.85. The number of hydrogen-bond donors (Lipinski definition) is 1. The van der Waals surface area contributed by atoms with Crippen molar-refractivity contribution >= 4 is 11.2 Å². The molecule has 2 aromatic heterocycles. The number of imidazole rings is 1. The summed E-state index contributed by atoms with van der Waals surface area (Å²) in [5, 5.41) is 0. The van der Waals surface area contributed by atoms with Crippen LogP contribution in [0.2, 0.25) is 0 Å². The maximum absolute atomic E-state index is 12.7. The molecular formula is C15H22N4O3. The first-order valence-corrected chi connectivity index (χ1v) is 7.89. The van der Waals surface area contributed by atoms with E-state index in [0.717, 1.165) is 6.42 Å². The molecule has 1 aliphatic rings. The van der Waals surface area contributed by atoms with Crippen LogP contribution in [-0.2, 0) is 17.8 Å². The lowest BCUT2D eigenvalue weighted by molar-refractivity contribution is 0.137.